The molecule has 1 amide bonds. The average molecular weight is 412 g/mol. The number of rotatable bonds is 3. The number of nitrogens with zero attached hydrogens (tertiary/aromatic N) is 4. The highest BCUT2D eigenvalue weighted by Crippen LogP contribution is 2.42. The first kappa shape index (κ1) is 21.7. The zero-order valence-electron chi connectivity index (χ0n) is 17.7. The van der Waals surface area contributed by atoms with E-state index >= 15 is 0 Å². The molecule has 7 nitrogen and oxygen atoms in total. The lowest BCUT2D eigenvalue weighted by Crippen LogP contribution is -2.50. The Hall–Kier alpha value is -3.05. The van der Waals surface area contributed by atoms with Crippen LogP contribution in [0.1, 0.15) is 52.0 Å². The Bertz CT molecular complexity index is 946. The third-order valence-electron chi connectivity index (χ3n) is 4.73. The molecule has 30 heavy (non-hydrogen) atoms. The Morgan fingerprint density at radius 1 is 1.27 bits per heavy atom. The van der Waals surface area contributed by atoms with Crippen LogP contribution in [0.25, 0.3) is 11.3 Å². The van der Waals surface area contributed by atoms with E-state index in [2.05, 4.69) is 9.97 Å². The Balaban J connectivity index is 1.86. The number of carbonyl (C=O) groups excluding carboxylic acids is 1. The second-order valence-electron chi connectivity index (χ2n) is 8.58. The van der Waals surface area contributed by atoms with Gasteiger partial charge in [0.2, 0.25) is 0 Å². The smallest absolute Gasteiger partial charge is 0.413 e. The first-order chi connectivity index (χ1) is 14.1. The number of alkyl halides is 1. The molecule has 2 unspecified atom stereocenters. The van der Waals surface area contributed by atoms with Gasteiger partial charge in [0.15, 0.2) is 5.69 Å². The summed E-state index contributed by atoms with van der Waals surface area (Å²) >= 11 is 0. The van der Waals surface area contributed by atoms with Crippen LogP contribution < -0.4 is 0 Å². The van der Waals surface area contributed by atoms with E-state index in [9.17, 15) is 9.18 Å². The van der Waals surface area contributed by atoms with E-state index in [4.69, 9.17) is 14.7 Å². The minimum absolute atomic E-state index is 0.241. The van der Waals surface area contributed by atoms with Crippen LogP contribution in [0.15, 0.2) is 36.7 Å². The number of amides is 1. The number of nitriles is 1. The number of hydrogen-bond donors (Lipinski definition) is 0. The van der Waals surface area contributed by atoms with E-state index in [1.807, 2.05) is 30.3 Å². The summed E-state index contributed by atoms with van der Waals surface area (Å²) in [5, 5.41) is 8.84. The van der Waals surface area contributed by atoms with Crippen LogP contribution in [0.5, 0.6) is 0 Å². The average Bonchev–Trinajstić information content (AvgIpc) is 2.97. The minimum Gasteiger partial charge on any atom is -0.444 e. The summed E-state index contributed by atoms with van der Waals surface area (Å²) in [4.78, 5) is 22.3. The first-order valence-electron chi connectivity index (χ1n) is 9.64. The van der Waals surface area contributed by atoms with Crippen LogP contribution in [0.2, 0.25) is 0 Å². The van der Waals surface area contributed by atoms with Crippen molar-refractivity contribution in [3.05, 3.63) is 47.9 Å². The summed E-state index contributed by atoms with van der Waals surface area (Å²) in [7, 11) is 0. The van der Waals surface area contributed by atoms with Crippen LogP contribution in [0.4, 0.5) is 9.18 Å². The Kier molecular flexibility index (Phi) is 5.77. The molecule has 8 heteroatoms. The van der Waals surface area contributed by atoms with Crippen molar-refractivity contribution in [1.82, 2.24) is 14.9 Å². The zero-order chi connectivity index (χ0) is 22.1. The number of ether oxygens (including phenoxy) is 2. The molecule has 1 fully saturated rings. The van der Waals surface area contributed by atoms with Crippen molar-refractivity contribution in [3.63, 3.8) is 0 Å². The predicted octanol–water partition coefficient (Wildman–Crippen LogP) is 4.40. The van der Waals surface area contributed by atoms with Crippen LogP contribution in [0, 0.1) is 11.3 Å². The van der Waals surface area contributed by atoms with E-state index in [1.165, 1.54) is 17.3 Å². The first-order valence-corrected chi connectivity index (χ1v) is 9.64. The van der Waals surface area contributed by atoms with Gasteiger partial charge in [-0.15, -0.1) is 0 Å². The molecule has 0 N–H and O–H groups in total. The van der Waals surface area contributed by atoms with Gasteiger partial charge in [-0.3, -0.25) is 9.88 Å². The predicted molar refractivity (Wildman–Crippen MR) is 108 cm³/mol. The quantitative estimate of drug-likeness (QED) is 0.743. The summed E-state index contributed by atoms with van der Waals surface area (Å²) in [5.41, 5.74) is 0.670. The molecule has 1 aliphatic rings. The summed E-state index contributed by atoms with van der Waals surface area (Å²) in [6, 6.07) is 8.41. The summed E-state index contributed by atoms with van der Waals surface area (Å²) in [6.07, 6.45) is 1.68. The molecule has 1 aromatic carbocycles. The van der Waals surface area contributed by atoms with Crippen LogP contribution in [-0.4, -0.2) is 45.0 Å². The highest BCUT2D eigenvalue weighted by Gasteiger charge is 2.51. The normalized spacial score (nSPS) is 20.6. The molecule has 2 atom stereocenters. The monoisotopic (exact) mass is 412 g/mol. The number of hydrogen-bond acceptors (Lipinski definition) is 6. The molecular weight excluding hydrogens is 387 g/mol. The third-order valence-corrected chi connectivity index (χ3v) is 4.73. The van der Waals surface area contributed by atoms with Gasteiger partial charge in [0, 0.05) is 5.56 Å². The molecule has 0 spiro atoms. The molecule has 0 saturated carbocycles. The number of carbonyl (C=O) groups is 1. The number of benzene rings is 1. The van der Waals surface area contributed by atoms with Crippen molar-refractivity contribution in [2.45, 2.75) is 58.1 Å². The molecule has 1 aliphatic heterocycles. The highest BCUT2D eigenvalue weighted by atomic mass is 19.1. The van der Waals surface area contributed by atoms with Crippen molar-refractivity contribution in [3.8, 4) is 17.3 Å². The van der Waals surface area contributed by atoms with Crippen molar-refractivity contribution in [2.75, 3.05) is 6.67 Å². The fraction of sp³-hybridized carbons (Fsp3) is 0.455. The molecule has 1 aromatic heterocycles. The summed E-state index contributed by atoms with van der Waals surface area (Å²) in [6.45, 7) is 7.97. The summed E-state index contributed by atoms with van der Waals surface area (Å²) in [5.74, 6) is 0. The van der Waals surface area contributed by atoms with Gasteiger partial charge in [0.05, 0.1) is 24.1 Å². The zero-order valence-corrected chi connectivity index (χ0v) is 17.7. The van der Waals surface area contributed by atoms with Gasteiger partial charge in [-0.2, -0.15) is 5.26 Å². The Morgan fingerprint density at radius 2 is 1.93 bits per heavy atom. The second kappa shape index (κ2) is 8.00. The second-order valence-corrected chi connectivity index (χ2v) is 8.58. The highest BCUT2D eigenvalue weighted by molar-refractivity contribution is 5.70. The van der Waals surface area contributed by atoms with E-state index in [-0.39, 0.29) is 5.69 Å². The van der Waals surface area contributed by atoms with Gasteiger partial charge in [-0.05, 0) is 40.2 Å². The van der Waals surface area contributed by atoms with Gasteiger partial charge in [-0.25, -0.2) is 14.2 Å². The van der Waals surface area contributed by atoms with Crippen molar-refractivity contribution < 1.29 is 18.7 Å². The molecule has 158 valence electrons. The van der Waals surface area contributed by atoms with Gasteiger partial charge < -0.3 is 9.47 Å². The SMILES string of the molecule is CC(C)(C)OC(=O)N1C(CF)C(c2ccc(-c3cnc(C#N)cn3)cc2)OC1(C)C. The van der Waals surface area contributed by atoms with Gasteiger partial charge in [-0.1, -0.05) is 24.3 Å². The molecular formula is C22H25FN4O3. The third kappa shape index (κ3) is 4.41. The van der Waals surface area contributed by atoms with E-state index in [0.29, 0.717) is 5.69 Å². The van der Waals surface area contributed by atoms with Gasteiger partial charge in [0.25, 0.3) is 0 Å². The molecule has 0 radical (unpaired) electrons. The lowest BCUT2D eigenvalue weighted by atomic mass is 10.0. The fourth-order valence-electron chi connectivity index (χ4n) is 3.47. The molecule has 2 heterocycles. The topological polar surface area (TPSA) is 88.3 Å². The number of halogens is 1. The Morgan fingerprint density at radius 3 is 2.43 bits per heavy atom. The molecule has 0 aliphatic carbocycles. The molecule has 0 bridgehead atoms. The van der Waals surface area contributed by atoms with Gasteiger partial charge >= 0.3 is 6.09 Å². The van der Waals surface area contributed by atoms with E-state index in [0.717, 1.165) is 11.1 Å². The number of aromatic nitrogens is 2. The van der Waals surface area contributed by atoms with E-state index < -0.39 is 36.2 Å². The van der Waals surface area contributed by atoms with Crippen LogP contribution >= 0.6 is 0 Å². The maximum absolute atomic E-state index is 14.1. The van der Waals surface area contributed by atoms with Crippen molar-refractivity contribution in [1.29, 1.82) is 5.26 Å². The standard InChI is InChI=1S/C22H25FN4O3/c1-21(2,3)30-20(28)27-18(10-23)19(29-22(27,4)5)15-8-6-14(7-9-15)17-13-25-16(11-24)12-26-17/h6-9,12-13,18-19H,10H2,1-5H3. The molecule has 1 saturated heterocycles. The molecule has 2 aromatic rings. The lowest BCUT2D eigenvalue weighted by Gasteiger charge is -2.34. The maximum Gasteiger partial charge on any atom is 0.413 e. The largest absolute Gasteiger partial charge is 0.444 e. The summed E-state index contributed by atoms with van der Waals surface area (Å²) < 4.78 is 25.6. The van der Waals surface area contributed by atoms with Crippen molar-refractivity contribution >= 4 is 6.09 Å². The Labute approximate surface area is 175 Å². The van der Waals surface area contributed by atoms with Gasteiger partial charge in [0.1, 0.15) is 30.2 Å². The molecule has 3 rings (SSSR count). The minimum atomic E-state index is -1.03. The fourth-order valence-corrected chi connectivity index (χ4v) is 3.47. The van der Waals surface area contributed by atoms with E-state index in [1.54, 1.807) is 34.6 Å². The lowest BCUT2D eigenvalue weighted by molar-refractivity contribution is -0.0797. The van der Waals surface area contributed by atoms with Crippen LogP contribution in [-0.2, 0) is 9.47 Å². The maximum atomic E-state index is 14.1. The van der Waals surface area contributed by atoms with Crippen LogP contribution in [0.3, 0.4) is 0 Å². The van der Waals surface area contributed by atoms with Crippen molar-refractivity contribution in [2.24, 2.45) is 0 Å².